The molecule has 3 rings (SSSR count). The third-order valence-electron chi connectivity index (χ3n) is 5.01. The summed E-state index contributed by atoms with van der Waals surface area (Å²) in [5.41, 5.74) is -1.50. The zero-order valence-corrected chi connectivity index (χ0v) is 21.2. The fraction of sp³-hybridized carbons (Fsp3) is 0.231. The molecular weight excluding hydrogens is 490 g/mol. The molecule has 186 valence electrons. The van der Waals surface area contributed by atoms with Gasteiger partial charge in [0.2, 0.25) is 15.3 Å². The second-order valence-electron chi connectivity index (χ2n) is 7.42. The number of halogens is 1. The molecule has 0 bridgehead atoms. The molecule has 0 radical (unpaired) electrons. The Morgan fingerprint density at radius 2 is 1.34 bits per heavy atom. The maximum Gasteiger partial charge on any atom is 0.530 e. The van der Waals surface area contributed by atoms with E-state index in [1.165, 1.54) is 30.3 Å². The molecule has 9 heteroatoms. The van der Waals surface area contributed by atoms with Gasteiger partial charge in [0, 0.05) is 5.56 Å². The summed E-state index contributed by atoms with van der Waals surface area (Å²) in [4.78, 5) is -0.140. The Morgan fingerprint density at radius 1 is 0.857 bits per heavy atom. The number of rotatable bonds is 12. The molecule has 0 fully saturated rings. The van der Waals surface area contributed by atoms with Gasteiger partial charge in [-0.25, -0.2) is 17.4 Å². The second-order valence-corrected chi connectivity index (χ2v) is 11.0. The van der Waals surface area contributed by atoms with Crippen LogP contribution in [0, 0.1) is 0 Å². The summed E-state index contributed by atoms with van der Waals surface area (Å²) in [6, 6.07) is 24.4. The Balaban J connectivity index is 2.16. The van der Waals surface area contributed by atoms with Gasteiger partial charge in [-0.05, 0) is 37.6 Å². The number of hydrogen-bond acceptors (Lipinski definition) is 6. The van der Waals surface area contributed by atoms with Crippen LogP contribution in [0.25, 0.3) is 5.76 Å². The number of phosphoric acid groups is 1. The van der Waals surface area contributed by atoms with Crippen LogP contribution in [0.5, 0.6) is 0 Å². The van der Waals surface area contributed by atoms with Crippen LogP contribution in [0.15, 0.2) is 102 Å². The lowest BCUT2D eigenvalue weighted by atomic mass is 9.98. The van der Waals surface area contributed by atoms with Crippen molar-refractivity contribution in [3.05, 3.63) is 108 Å². The Bertz CT molecular complexity index is 1240. The molecule has 0 aliphatic rings. The highest BCUT2D eigenvalue weighted by Crippen LogP contribution is 2.53. The number of hydrogen-bond donors (Lipinski definition) is 0. The average Bonchev–Trinajstić information content (AvgIpc) is 2.88. The Labute approximate surface area is 205 Å². The van der Waals surface area contributed by atoms with Crippen LogP contribution in [0.2, 0.25) is 0 Å². The van der Waals surface area contributed by atoms with Crippen LogP contribution in [0.4, 0.5) is 4.39 Å². The molecule has 0 aromatic heterocycles. The van der Waals surface area contributed by atoms with E-state index in [0.29, 0.717) is 11.1 Å². The summed E-state index contributed by atoms with van der Waals surface area (Å²) >= 11 is 0. The van der Waals surface area contributed by atoms with Crippen molar-refractivity contribution in [3.63, 3.8) is 0 Å². The normalized spacial score (nSPS) is 14.3. The summed E-state index contributed by atoms with van der Waals surface area (Å²) in [5.74, 6) is -1.30. The minimum Gasteiger partial charge on any atom is -0.404 e. The van der Waals surface area contributed by atoms with E-state index in [1.54, 1.807) is 80.6 Å². The van der Waals surface area contributed by atoms with Crippen molar-refractivity contribution >= 4 is 23.4 Å². The Morgan fingerprint density at radius 3 is 1.86 bits per heavy atom. The van der Waals surface area contributed by atoms with E-state index in [1.807, 2.05) is 0 Å². The van der Waals surface area contributed by atoms with Crippen LogP contribution < -0.4 is 0 Å². The number of sulfone groups is 1. The number of phosphoric ester groups is 1. The molecule has 0 aliphatic heterocycles. The molecule has 0 amide bonds. The van der Waals surface area contributed by atoms with Gasteiger partial charge in [-0.1, -0.05) is 78.9 Å². The second kappa shape index (κ2) is 12.3. The van der Waals surface area contributed by atoms with Crippen LogP contribution in [-0.4, -0.2) is 27.1 Å². The molecule has 3 aromatic carbocycles. The van der Waals surface area contributed by atoms with E-state index in [9.17, 15) is 13.0 Å². The first kappa shape index (κ1) is 26.8. The standard InChI is InChI=1S/C26H28FO6PS/c1-3-31-34(28,32-4-2)33-25(22-16-10-6-11-17-22)20-24(21-14-8-5-9-15-21)26(27)35(29,30)23-18-12-7-13-19-23/h5-20,24,26H,3-4H2,1-2H3/b25-20-/t24-,26+/m0/s1. The molecule has 35 heavy (non-hydrogen) atoms. The van der Waals surface area contributed by atoms with Crippen molar-refractivity contribution in [1.82, 2.24) is 0 Å². The summed E-state index contributed by atoms with van der Waals surface area (Å²) in [6.07, 6.45) is 1.32. The molecule has 3 aromatic rings. The van der Waals surface area contributed by atoms with Crippen LogP contribution in [0.3, 0.4) is 0 Å². The number of alkyl halides is 1. The minimum atomic E-state index is -4.38. The van der Waals surface area contributed by atoms with Crippen molar-refractivity contribution in [3.8, 4) is 0 Å². The predicted octanol–water partition coefficient (Wildman–Crippen LogP) is 6.78. The minimum absolute atomic E-state index is 0.0180. The largest absolute Gasteiger partial charge is 0.530 e. The first-order valence-corrected chi connectivity index (χ1v) is 14.2. The van der Waals surface area contributed by atoms with E-state index >= 15 is 4.39 Å². The molecule has 2 atom stereocenters. The lowest BCUT2D eigenvalue weighted by molar-refractivity contribution is 0.159. The number of allylic oxidation sites excluding steroid dienone is 1. The van der Waals surface area contributed by atoms with Crippen LogP contribution in [0.1, 0.15) is 30.9 Å². The van der Waals surface area contributed by atoms with E-state index in [-0.39, 0.29) is 23.9 Å². The van der Waals surface area contributed by atoms with Gasteiger partial charge in [0.15, 0.2) is 0 Å². The van der Waals surface area contributed by atoms with Gasteiger partial charge in [0.1, 0.15) is 5.76 Å². The SMILES string of the molecule is CCOP(=O)(OCC)O/C(=C\[C@@H](c1ccccc1)[C@H](F)S(=O)(=O)c1ccccc1)c1ccccc1. The van der Waals surface area contributed by atoms with Crippen molar-refractivity contribution < 1.29 is 30.9 Å². The molecule has 0 unspecified atom stereocenters. The van der Waals surface area contributed by atoms with E-state index in [0.717, 1.165) is 0 Å². The highest BCUT2D eigenvalue weighted by molar-refractivity contribution is 7.92. The van der Waals surface area contributed by atoms with E-state index in [4.69, 9.17) is 13.6 Å². The first-order valence-electron chi connectivity index (χ1n) is 11.1. The highest BCUT2D eigenvalue weighted by atomic mass is 32.2. The van der Waals surface area contributed by atoms with Crippen molar-refractivity contribution in [1.29, 1.82) is 0 Å². The fourth-order valence-corrected chi connectivity index (χ4v) is 6.04. The van der Waals surface area contributed by atoms with Crippen LogP contribution in [-0.2, 0) is 28.0 Å². The van der Waals surface area contributed by atoms with Crippen LogP contribution >= 0.6 is 7.82 Å². The lowest BCUT2D eigenvalue weighted by Crippen LogP contribution is -2.24. The van der Waals surface area contributed by atoms with Gasteiger partial charge in [0.05, 0.1) is 24.0 Å². The van der Waals surface area contributed by atoms with Gasteiger partial charge >= 0.3 is 7.82 Å². The zero-order chi connectivity index (χ0) is 25.3. The smallest absolute Gasteiger partial charge is 0.404 e. The van der Waals surface area contributed by atoms with Gasteiger partial charge < -0.3 is 4.52 Å². The topological polar surface area (TPSA) is 78.9 Å². The summed E-state index contributed by atoms with van der Waals surface area (Å²) in [5, 5.41) is 0. The molecule has 0 heterocycles. The van der Waals surface area contributed by atoms with Crippen molar-refractivity contribution in [2.45, 2.75) is 30.2 Å². The maximum atomic E-state index is 16.0. The molecule has 0 spiro atoms. The van der Waals surface area contributed by atoms with Gasteiger partial charge in [-0.3, -0.25) is 9.05 Å². The van der Waals surface area contributed by atoms with Gasteiger partial charge in [-0.2, -0.15) is 0 Å². The lowest BCUT2D eigenvalue weighted by Gasteiger charge is -2.23. The van der Waals surface area contributed by atoms with E-state index in [2.05, 4.69) is 0 Å². The third kappa shape index (κ3) is 6.89. The zero-order valence-electron chi connectivity index (χ0n) is 19.5. The molecular formula is C26H28FO6PS. The average molecular weight is 519 g/mol. The summed E-state index contributed by atoms with van der Waals surface area (Å²) < 4.78 is 71.9. The Hall–Kier alpha value is -2.77. The predicted molar refractivity (Wildman–Crippen MR) is 134 cm³/mol. The molecule has 0 saturated carbocycles. The number of benzene rings is 3. The molecule has 0 aliphatic carbocycles. The monoisotopic (exact) mass is 518 g/mol. The quantitative estimate of drug-likeness (QED) is 0.194. The van der Waals surface area contributed by atoms with Crippen molar-refractivity contribution in [2.24, 2.45) is 0 Å². The van der Waals surface area contributed by atoms with Crippen molar-refractivity contribution in [2.75, 3.05) is 13.2 Å². The van der Waals surface area contributed by atoms with Gasteiger partial charge in [-0.15, -0.1) is 0 Å². The first-order chi connectivity index (χ1) is 16.8. The highest BCUT2D eigenvalue weighted by Gasteiger charge is 2.37. The molecule has 0 saturated heterocycles. The Kier molecular flexibility index (Phi) is 9.40. The summed E-state index contributed by atoms with van der Waals surface area (Å²) in [6.45, 7) is 3.38. The van der Waals surface area contributed by atoms with E-state index < -0.39 is 29.1 Å². The van der Waals surface area contributed by atoms with Gasteiger partial charge in [0.25, 0.3) is 0 Å². The third-order valence-corrected chi connectivity index (χ3v) is 8.39. The molecule has 0 N–H and O–H groups in total. The summed E-state index contributed by atoms with van der Waals surface area (Å²) in [7, 11) is -8.43. The maximum absolute atomic E-state index is 16.0. The fourth-order valence-electron chi connectivity index (χ4n) is 3.40. The molecule has 6 nitrogen and oxygen atoms in total.